The molecule has 0 bridgehead atoms. The summed E-state index contributed by atoms with van der Waals surface area (Å²) in [4.78, 5) is 21.4. The molecule has 2 heterocycles. The third-order valence-electron chi connectivity index (χ3n) is 4.14. The maximum absolute atomic E-state index is 12.0. The molecule has 0 spiro atoms. The van der Waals surface area contributed by atoms with Crippen molar-refractivity contribution in [3.63, 3.8) is 0 Å². The van der Waals surface area contributed by atoms with Gasteiger partial charge < -0.3 is 15.4 Å². The van der Waals surface area contributed by atoms with E-state index in [1.807, 2.05) is 0 Å². The molecule has 9 heteroatoms. The van der Waals surface area contributed by atoms with Crippen LogP contribution in [0.1, 0.15) is 21.5 Å². The van der Waals surface area contributed by atoms with Gasteiger partial charge in [-0.1, -0.05) is 18.7 Å². The number of allylic oxidation sites excluding steroid dienone is 1. The zero-order chi connectivity index (χ0) is 21.7. The Morgan fingerprint density at radius 1 is 1.20 bits per heavy atom. The van der Waals surface area contributed by atoms with Crippen LogP contribution in [0.15, 0.2) is 77.0 Å². The number of amides is 1. The highest BCUT2D eigenvalue weighted by atomic mass is 16.5. The molecule has 0 unspecified atom stereocenters. The maximum atomic E-state index is 12.0. The van der Waals surface area contributed by atoms with Crippen LogP contribution < -0.4 is 11.2 Å². The molecule has 152 valence electrons. The van der Waals surface area contributed by atoms with Gasteiger partial charge >= 0.3 is 0 Å². The average molecular weight is 403 g/mol. The molecule has 1 aromatic carbocycles. The second-order valence-electron chi connectivity index (χ2n) is 6.52. The highest BCUT2D eigenvalue weighted by Gasteiger charge is 2.20. The molecule has 1 aliphatic rings. The number of amidine groups is 1. The number of hydrazone groups is 1. The largest absolute Gasteiger partial charge is 0.417 e. The zero-order valence-electron chi connectivity index (χ0n) is 16.6. The van der Waals surface area contributed by atoms with Crippen molar-refractivity contribution in [2.45, 2.75) is 0 Å². The number of aliphatic imine (C=N–C) groups is 1. The van der Waals surface area contributed by atoms with E-state index < -0.39 is 0 Å². The van der Waals surface area contributed by atoms with Gasteiger partial charge in [0.1, 0.15) is 5.70 Å². The van der Waals surface area contributed by atoms with E-state index in [1.54, 1.807) is 62.9 Å². The summed E-state index contributed by atoms with van der Waals surface area (Å²) in [6.45, 7) is 3.94. The third kappa shape index (κ3) is 4.58. The topological polar surface area (TPSA) is 129 Å². The fraction of sp³-hybridized carbons (Fsp3) is 0.0952. The Morgan fingerprint density at radius 3 is 2.47 bits per heavy atom. The van der Waals surface area contributed by atoms with E-state index in [1.165, 1.54) is 11.1 Å². The Kier molecular flexibility index (Phi) is 6.02. The minimum atomic E-state index is -0.204. The minimum Gasteiger partial charge on any atom is -0.417 e. The molecule has 9 nitrogen and oxygen atoms in total. The van der Waals surface area contributed by atoms with Crippen molar-refractivity contribution in [2.24, 2.45) is 15.8 Å². The van der Waals surface area contributed by atoms with Crippen LogP contribution in [-0.4, -0.2) is 47.8 Å². The van der Waals surface area contributed by atoms with Gasteiger partial charge in [-0.15, -0.1) is 5.10 Å². The summed E-state index contributed by atoms with van der Waals surface area (Å²) < 4.78 is 5.57. The lowest BCUT2D eigenvalue weighted by Crippen LogP contribution is -2.21. The van der Waals surface area contributed by atoms with Crippen LogP contribution in [-0.2, 0) is 4.74 Å². The Hall–Kier alpha value is -4.27. The molecule has 1 aromatic heterocycles. The summed E-state index contributed by atoms with van der Waals surface area (Å²) in [5.41, 5.74) is 11.3. The fourth-order valence-electron chi connectivity index (χ4n) is 2.46. The van der Waals surface area contributed by atoms with Crippen molar-refractivity contribution < 1.29 is 9.53 Å². The normalized spacial score (nSPS) is 14.5. The van der Waals surface area contributed by atoms with Gasteiger partial charge in [-0.2, -0.15) is 0 Å². The van der Waals surface area contributed by atoms with Gasteiger partial charge in [-0.3, -0.25) is 15.2 Å². The third-order valence-corrected chi connectivity index (χ3v) is 4.14. The van der Waals surface area contributed by atoms with Crippen LogP contribution in [0.2, 0.25) is 0 Å². The predicted molar refractivity (Wildman–Crippen MR) is 116 cm³/mol. The quantitative estimate of drug-likeness (QED) is 0.519. The Labute approximate surface area is 173 Å². The number of hydrogen-bond donors (Lipinski definition) is 3. The van der Waals surface area contributed by atoms with E-state index in [-0.39, 0.29) is 23.3 Å². The molecule has 2 aromatic rings. The first-order valence-electron chi connectivity index (χ1n) is 8.92. The summed E-state index contributed by atoms with van der Waals surface area (Å²) in [6, 6.07) is 10.5. The average Bonchev–Trinajstić information content (AvgIpc) is 3.27. The molecular formula is C21H21N7O2. The van der Waals surface area contributed by atoms with Crippen molar-refractivity contribution >= 4 is 29.4 Å². The molecular weight excluding hydrogens is 382 g/mol. The molecule has 0 aliphatic carbocycles. The maximum Gasteiger partial charge on any atom is 0.253 e. The number of rotatable bonds is 5. The van der Waals surface area contributed by atoms with E-state index in [2.05, 4.69) is 27.1 Å². The van der Waals surface area contributed by atoms with Gasteiger partial charge in [0, 0.05) is 43.8 Å². The van der Waals surface area contributed by atoms with E-state index in [4.69, 9.17) is 15.9 Å². The number of benzene rings is 1. The second-order valence-corrected chi connectivity index (χ2v) is 6.52. The van der Waals surface area contributed by atoms with E-state index in [9.17, 15) is 4.79 Å². The van der Waals surface area contributed by atoms with Crippen LogP contribution in [0.3, 0.4) is 0 Å². The zero-order valence-corrected chi connectivity index (χ0v) is 16.6. The number of ether oxygens (including phenoxy) is 1. The summed E-state index contributed by atoms with van der Waals surface area (Å²) in [6.07, 6.45) is 4.67. The molecule has 30 heavy (non-hydrogen) atoms. The fourth-order valence-corrected chi connectivity index (χ4v) is 2.46. The molecule has 0 saturated carbocycles. The molecule has 0 saturated heterocycles. The number of aromatic nitrogens is 1. The second kappa shape index (κ2) is 8.82. The van der Waals surface area contributed by atoms with Crippen LogP contribution >= 0.6 is 0 Å². The summed E-state index contributed by atoms with van der Waals surface area (Å²) in [5, 5.41) is 12.1. The number of carbonyl (C=O) groups excluding carboxylic acids is 1. The monoisotopic (exact) mass is 403 g/mol. The summed E-state index contributed by atoms with van der Waals surface area (Å²) in [7, 11) is 3.39. The van der Waals surface area contributed by atoms with Crippen molar-refractivity contribution in [2.75, 3.05) is 14.1 Å². The van der Waals surface area contributed by atoms with E-state index in [0.717, 1.165) is 11.1 Å². The van der Waals surface area contributed by atoms with Crippen molar-refractivity contribution in [3.05, 3.63) is 83.6 Å². The Bertz CT molecular complexity index is 1070. The van der Waals surface area contributed by atoms with Gasteiger partial charge in [0.25, 0.3) is 5.91 Å². The first kappa shape index (κ1) is 20.5. The number of nitrogens with two attached hydrogens (primary N) is 1. The van der Waals surface area contributed by atoms with Crippen LogP contribution in [0.25, 0.3) is 5.57 Å². The highest BCUT2D eigenvalue weighted by Crippen LogP contribution is 2.15. The number of hydrogen-bond acceptors (Lipinski definition) is 7. The van der Waals surface area contributed by atoms with Crippen molar-refractivity contribution in [1.29, 1.82) is 5.41 Å². The number of pyridine rings is 1. The van der Waals surface area contributed by atoms with Crippen LogP contribution in [0.4, 0.5) is 0 Å². The summed E-state index contributed by atoms with van der Waals surface area (Å²) >= 11 is 0. The number of nitrogens with one attached hydrogen (secondary N) is 2. The smallest absolute Gasteiger partial charge is 0.253 e. The molecule has 0 fully saturated rings. The highest BCUT2D eigenvalue weighted by molar-refractivity contribution is 6.14. The number of nitrogens with zero attached hydrogens (tertiary/aromatic N) is 4. The van der Waals surface area contributed by atoms with E-state index in [0.29, 0.717) is 17.0 Å². The SMILES string of the molecule is C=C(C=NC(=N)C(N)=C1NN=C(c2ccncc2)O1)c1ccc(C(=O)N(C)C)cc1. The lowest BCUT2D eigenvalue weighted by atomic mass is 10.1. The standard InChI is InChI=1S/C21H21N7O2/c1-13(14-4-6-16(7-5-14)21(29)28(2)3)12-25-18(23)17(22)20-27-26-19(30-20)15-8-10-24-11-9-15/h4-12,23,27H,1,22H2,2-3H3. The molecule has 4 N–H and O–H groups in total. The van der Waals surface area contributed by atoms with Crippen LogP contribution in [0.5, 0.6) is 0 Å². The first-order chi connectivity index (χ1) is 14.4. The van der Waals surface area contributed by atoms with Gasteiger partial charge in [0.05, 0.1) is 0 Å². The minimum absolute atomic E-state index is 0.00113. The van der Waals surface area contributed by atoms with Crippen molar-refractivity contribution in [3.8, 4) is 0 Å². The van der Waals surface area contributed by atoms with Gasteiger partial charge in [0.2, 0.25) is 11.8 Å². The lowest BCUT2D eigenvalue weighted by molar-refractivity contribution is 0.0827. The van der Waals surface area contributed by atoms with Crippen LogP contribution in [0, 0.1) is 5.41 Å². The molecule has 0 atom stereocenters. The Morgan fingerprint density at radius 2 is 1.83 bits per heavy atom. The molecule has 1 amide bonds. The predicted octanol–water partition coefficient (Wildman–Crippen LogP) is 1.95. The molecule has 1 aliphatic heterocycles. The molecule has 0 radical (unpaired) electrons. The van der Waals surface area contributed by atoms with Gasteiger partial charge in [0.15, 0.2) is 5.84 Å². The Balaban J connectivity index is 1.65. The first-order valence-corrected chi connectivity index (χ1v) is 8.92. The van der Waals surface area contributed by atoms with Crippen molar-refractivity contribution in [1.82, 2.24) is 15.3 Å². The van der Waals surface area contributed by atoms with Gasteiger partial charge in [-0.05, 0) is 35.4 Å². The molecule has 3 rings (SSSR count). The van der Waals surface area contributed by atoms with Gasteiger partial charge in [-0.25, -0.2) is 10.4 Å². The summed E-state index contributed by atoms with van der Waals surface area (Å²) in [5.74, 6) is 0.161. The number of carbonyl (C=O) groups is 1. The van der Waals surface area contributed by atoms with E-state index >= 15 is 0 Å². The lowest BCUT2D eigenvalue weighted by Gasteiger charge is -2.10.